The van der Waals surface area contributed by atoms with Gasteiger partial charge in [-0.3, -0.25) is 0 Å². The van der Waals surface area contributed by atoms with Crippen molar-refractivity contribution in [2.24, 2.45) is 5.92 Å². The van der Waals surface area contributed by atoms with E-state index in [1.165, 1.54) is 0 Å². The fourth-order valence-corrected chi connectivity index (χ4v) is 3.05. The molecule has 146 valence electrons. The molecule has 1 N–H and O–H groups in total. The number of benzene rings is 2. The first-order chi connectivity index (χ1) is 13.4. The molecule has 2 aromatic rings. The number of hydrogen-bond donors (Lipinski definition) is 1. The van der Waals surface area contributed by atoms with Crippen molar-refractivity contribution in [3.63, 3.8) is 0 Å². The van der Waals surface area contributed by atoms with Crippen molar-refractivity contribution in [1.29, 1.82) is 0 Å². The van der Waals surface area contributed by atoms with Crippen molar-refractivity contribution in [3.05, 3.63) is 53.1 Å². The van der Waals surface area contributed by atoms with Gasteiger partial charge in [-0.2, -0.15) is 0 Å². The van der Waals surface area contributed by atoms with Crippen molar-refractivity contribution >= 4 is 11.7 Å². The second kappa shape index (κ2) is 8.26. The van der Waals surface area contributed by atoms with Crippen LogP contribution >= 0.6 is 0 Å². The van der Waals surface area contributed by atoms with Crippen LogP contribution in [0.5, 0.6) is 11.5 Å². The van der Waals surface area contributed by atoms with Crippen LogP contribution in [0.25, 0.3) is 0 Å². The second-order valence-corrected chi connectivity index (χ2v) is 7.28. The highest BCUT2D eigenvalue weighted by atomic mass is 16.7. The first-order valence-corrected chi connectivity index (χ1v) is 9.29. The Morgan fingerprint density at radius 3 is 2.39 bits per heavy atom. The summed E-state index contributed by atoms with van der Waals surface area (Å²) in [5, 5.41) is 3.25. The van der Waals surface area contributed by atoms with Gasteiger partial charge in [0.15, 0.2) is 17.6 Å². The van der Waals surface area contributed by atoms with E-state index in [0.717, 1.165) is 22.4 Å². The number of esters is 1. The molecular formula is C23H25NO4. The number of ether oxygens (including phenoxy) is 3. The normalized spacial score (nSPS) is 14.3. The van der Waals surface area contributed by atoms with Gasteiger partial charge >= 0.3 is 5.97 Å². The molecule has 0 aromatic heterocycles. The zero-order valence-electron chi connectivity index (χ0n) is 16.6. The SMILES string of the molecule is C#CC(OC(=O)C(Nc1ccc(C)cc1)C(C)C)c1cc2c(cc1C)OCO2. The molecule has 5 heteroatoms. The van der Waals surface area contributed by atoms with Crippen LogP contribution in [0.4, 0.5) is 5.69 Å². The van der Waals surface area contributed by atoms with Gasteiger partial charge in [0.2, 0.25) is 6.79 Å². The van der Waals surface area contributed by atoms with Crippen LogP contribution in [0.2, 0.25) is 0 Å². The number of rotatable bonds is 6. The van der Waals surface area contributed by atoms with Gasteiger partial charge in [0.25, 0.3) is 0 Å². The Kier molecular flexibility index (Phi) is 5.79. The lowest BCUT2D eigenvalue weighted by atomic mass is 10.0. The van der Waals surface area contributed by atoms with E-state index in [1.54, 1.807) is 6.07 Å². The Balaban J connectivity index is 1.78. The fourth-order valence-electron chi connectivity index (χ4n) is 3.05. The quantitative estimate of drug-likeness (QED) is 0.596. The maximum Gasteiger partial charge on any atom is 0.330 e. The zero-order chi connectivity index (χ0) is 20.3. The number of nitrogens with one attached hydrogen (secondary N) is 1. The highest BCUT2D eigenvalue weighted by Crippen LogP contribution is 2.37. The molecule has 1 heterocycles. The van der Waals surface area contributed by atoms with E-state index in [9.17, 15) is 4.79 Å². The van der Waals surface area contributed by atoms with Crippen LogP contribution in [-0.2, 0) is 9.53 Å². The number of fused-ring (bicyclic) bond motifs is 1. The second-order valence-electron chi connectivity index (χ2n) is 7.28. The molecule has 2 aromatic carbocycles. The van der Waals surface area contributed by atoms with E-state index in [0.29, 0.717) is 11.5 Å². The molecule has 2 unspecified atom stereocenters. The Morgan fingerprint density at radius 2 is 1.79 bits per heavy atom. The van der Waals surface area contributed by atoms with Gasteiger partial charge in [-0.1, -0.05) is 37.5 Å². The van der Waals surface area contributed by atoms with Crippen LogP contribution in [0.1, 0.15) is 36.6 Å². The average molecular weight is 379 g/mol. The fraction of sp³-hybridized carbons (Fsp3) is 0.348. The average Bonchev–Trinajstić information content (AvgIpc) is 3.11. The molecule has 2 atom stereocenters. The van der Waals surface area contributed by atoms with Gasteiger partial charge in [-0.05, 0) is 49.6 Å². The molecule has 1 aliphatic heterocycles. The topological polar surface area (TPSA) is 56.8 Å². The number of aryl methyl sites for hydroxylation is 2. The molecule has 5 nitrogen and oxygen atoms in total. The van der Waals surface area contributed by atoms with Crippen molar-refractivity contribution in [1.82, 2.24) is 0 Å². The summed E-state index contributed by atoms with van der Waals surface area (Å²) in [6.45, 7) is 8.02. The summed E-state index contributed by atoms with van der Waals surface area (Å²) in [5.41, 5.74) is 3.61. The van der Waals surface area contributed by atoms with Gasteiger partial charge in [-0.15, -0.1) is 6.42 Å². The highest BCUT2D eigenvalue weighted by Gasteiger charge is 2.28. The third-order valence-corrected chi connectivity index (χ3v) is 4.72. The predicted molar refractivity (Wildman–Crippen MR) is 108 cm³/mol. The minimum absolute atomic E-state index is 0.0186. The first-order valence-electron chi connectivity index (χ1n) is 9.29. The van der Waals surface area contributed by atoms with E-state index in [4.69, 9.17) is 20.6 Å². The molecule has 0 saturated carbocycles. The molecule has 28 heavy (non-hydrogen) atoms. The van der Waals surface area contributed by atoms with Crippen molar-refractivity contribution in [2.45, 2.75) is 39.8 Å². The summed E-state index contributed by atoms with van der Waals surface area (Å²) >= 11 is 0. The van der Waals surface area contributed by atoms with Gasteiger partial charge < -0.3 is 19.5 Å². The van der Waals surface area contributed by atoms with Crippen molar-refractivity contribution < 1.29 is 19.0 Å². The molecule has 0 radical (unpaired) electrons. The maximum absolute atomic E-state index is 12.9. The zero-order valence-corrected chi connectivity index (χ0v) is 16.6. The first kappa shape index (κ1) is 19.6. The Bertz CT molecular complexity index is 896. The summed E-state index contributed by atoms with van der Waals surface area (Å²) in [4.78, 5) is 12.9. The van der Waals surface area contributed by atoms with E-state index in [1.807, 2.05) is 58.0 Å². The van der Waals surface area contributed by atoms with Crippen LogP contribution in [0, 0.1) is 32.1 Å². The standard InChI is InChI=1S/C23H25NO4/c1-6-19(18-12-21-20(11-16(18)5)26-13-27-21)28-23(25)22(14(2)3)24-17-9-7-15(4)8-10-17/h1,7-12,14,19,22,24H,13H2,2-5H3. The van der Waals surface area contributed by atoms with Crippen LogP contribution in [0.3, 0.4) is 0 Å². The lowest BCUT2D eigenvalue weighted by Crippen LogP contribution is -2.36. The van der Waals surface area contributed by atoms with Crippen LogP contribution in [-0.4, -0.2) is 18.8 Å². The minimum Gasteiger partial charge on any atom is -0.454 e. The molecule has 0 amide bonds. The molecule has 3 rings (SSSR count). The van der Waals surface area contributed by atoms with Gasteiger partial charge in [-0.25, -0.2) is 4.79 Å². The molecule has 0 saturated heterocycles. The monoisotopic (exact) mass is 379 g/mol. The van der Waals surface area contributed by atoms with E-state index in [-0.39, 0.29) is 12.7 Å². The molecule has 1 aliphatic rings. The van der Waals surface area contributed by atoms with Crippen molar-refractivity contribution in [3.8, 4) is 23.8 Å². The minimum atomic E-state index is -0.803. The van der Waals surface area contributed by atoms with Crippen molar-refractivity contribution in [2.75, 3.05) is 12.1 Å². The van der Waals surface area contributed by atoms with Crippen LogP contribution < -0.4 is 14.8 Å². The Labute approximate surface area is 166 Å². The summed E-state index contributed by atoms with van der Waals surface area (Å²) < 4.78 is 16.5. The van der Waals surface area contributed by atoms with E-state index >= 15 is 0 Å². The lowest BCUT2D eigenvalue weighted by molar-refractivity contribution is -0.148. The highest BCUT2D eigenvalue weighted by molar-refractivity contribution is 5.80. The Hall–Kier alpha value is -3.13. The molecule has 0 spiro atoms. The third-order valence-electron chi connectivity index (χ3n) is 4.72. The van der Waals surface area contributed by atoms with Crippen LogP contribution in [0.15, 0.2) is 36.4 Å². The number of carbonyl (C=O) groups excluding carboxylic acids is 1. The predicted octanol–water partition coefficient (Wildman–Crippen LogP) is 4.39. The lowest BCUT2D eigenvalue weighted by Gasteiger charge is -2.24. The smallest absolute Gasteiger partial charge is 0.330 e. The number of carbonyl (C=O) groups is 1. The summed E-state index contributed by atoms with van der Waals surface area (Å²) in [7, 11) is 0. The maximum atomic E-state index is 12.9. The van der Waals surface area contributed by atoms with Gasteiger partial charge in [0.1, 0.15) is 6.04 Å². The molecule has 0 fully saturated rings. The summed E-state index contributed by atoms with van der Waals surface area (Å²) in [6, 6.07) is 11.0. The summed E-state index contributed by atoms with van der Waals surface area (Å²) in [5.74, 6) is 3.48. The Morgan fingerprint density at radius 1 is 1.14 bits per heavy atom. The van der Waals surface area contributed by atoms with E-state index in [2.05, 4.69) is 11.2 Å². The summed E-state index contributed by atoms with van der Waals surface area (Å²) in [6.07, 6.45) is 4.89. The molecular weight excluding hydrogens is 354 g/mol. The van der Waals surface area contributed by atoms with E-state index < -0.39 is 18.1 Å². The number of hydrogen-bond acceptors (Lipinski definition) is 5. The molecule has 0 bridgehead atoms. The van der Waals surface area contributed by atoms with Gasteiger partial charge in [0, 0.05) is 11.3 Å². The largest absolute Gasteiger partial charge is 0.454 e. The number of anilines is 1. The molecule has 0 aliphatic carbocycles. The third kappa shape index (κ3) is 4.23. The number of terminal acetylenes is 1. The van der Waals surface area contributed by atoms with Gasteiger partial charge in [0.05, 0.1) is 0 Å².